The van der Waals surface area contributed by atoms with E-state index in [1.54, 1.807) is 0 Å². The highest BCUT2D eigenvalue weighted by Gasteiger charge is 2.11. The van der Waals surface area contributed by atoms with E-state index in [-0.39, 0.29) is 5.91 Å². The van der Waals surface area contributed by atoms with Crippen molar-refractivity contribution in [2.24, 2.45) is 0 Å². The highest BCUT2D eigenvalue weighted by molar-refractivity contribution is 5.88. The number of nitrogens with zero attached hydrogens (tertiary/aromatic N) is 1. The van der Waals surface area contributed by atoms with Crippen LogP contribution in [-0.4, -0.2) is 17.5 Å². The Hall–Kier alpha value is -1.84. The van der Waals surface area contributed by atoms with Crippen molar-refractivity contribution < 1.29 is 9.53 Å². The number of anilines is 1. The Morgan fingerprint density at radius 3 is 2.68 bits per heavy atom. The number of amides is 1. The lowest BCUT2D eigenvalue weighted by atomic mass is 10.1. The summed E-state index contributed by atoms with van der Waals surface area (Å²) in [6.45, 7) is 12.1. The average Bonchev–Trinajstić information content (AvgIpc) is 2.27. The van der Waals surface area contributed by atoms with Crippen molar-refractivity contribution in [3.05, 3.63) is 29.5 Å². The molecule has 0 aliphatic heterocycles. The van der Waals surface area contributed by atoms with Gasteiger partial charge >= 0.3 is 0 Å². The first-order valence-corrected chi connectivity index (χ1v) is 6.53. The fourth-order valence-electron chi connectivity index (χ4n) is 1.91. The molecule has 4 nitrogen and oxygen atoms in total. The smallest absolute Gasteiger partial charge is 0.222 e. The van der Waals surface area contributed by atoms with Crippen LogP contribution in [0, 0.1) is 13.8 Å². The van der Waals surface area contributed by atoms with Crippen LogP contribution in [0.25, 0.3) is 5.76 Å². The number of hydrogen-bond acceptors (Lipinski definition) is 3. The standard InChI is InChI=1S/C15H22N2O2/c1-6-7-8-19-12(4)15-10(2)9-14(16-11(15)3)17-13(5)18/h9H,4,6-8H2,1-3,5H3,(H,16,17,18). The number of rotatable bonds is 6. The largest absolute Gasteiger partial charge is 0.494 e. The third kappa shape index (κ3) is 4.39. The van der Waals surface area contributed by atoms with Crippen molar-refractivity contribution in [2.45, 2.75) is 40.5 Å². The van der Waals surface area contributed by atoms with Gasteiger partial charge in [0.25, 0.3) is 0 Å². The van der Waals surface area contributed by atoms with Gasteiger partial charge in [0.1, 0.15) is 11.6 Å². The third-order valence-electron chi connectivity index (χ3n) is 2.75. The summed E-state index contributed by atoms with van der Waals surface area (Å²) in [6, 6.07) is 1.83. The first-order valence-electron chi connectivity index (χ1n) is 6.53. The van der Waals surface area contributed by atoms with E-state index in [0.29, 0.717) is 18.2 Å². The number of ether oxygens (including phenoxy) is 1. The molecule has 19 heavy (non-hydrogen) atoms. The van der Waals surface area contributed by atoms with E-state index in [1.165, 1.54) is 6.92 Å². The molecule has 0 bridgehead atoms. The van der Waals surface area contributed by atoms with Crippen LogP contribution in [0.2, 0.25) is 0 Å². The number of aryl methyl sites for hydroxylation is 2. The third-order valence-corrected chi connectivity index (χ3v) is 2.75. The highest BCUT2D eigenvalue weighted by atomic mass is 16.5. The maximum atomic E-state index is 11.0. The predicted molar refractivity (Wildman–Crippen MR) is 77.9 cm³/mol. The zero-order valence-corrected chi connectivity index (χ0v) is 12.2. The molecule has 0 atom stereocenters. The second-order valence-corrected chi connectivity index (χ2v) is 4.59. The Morgan fingerprint density at radius 2 is 2.16 bits per heavy atom. The number of nitrogens with one attached hydrogen (secondary N) is 1. The number of pyridine rings is 1. The van der Waals surface area contributed by atoms with E-state index in [9.17, 15) is 4.79 Å². The van der Waals surface area contributed by atoms with Gasteiger partial charge in [-0.1, -0.05) is 19.9 Å². The molecule has 1 N–H and O–H groups in total. The van der Waals surface area contributed by atoms with Crippen LogP contribution in [-0.2, 0) is 9.53 Å². The molecule has 0 saturated heterocycles. The van der Waals surface area contributed by atoms with Gasteiger partial charge in [-0.05, 0) is 31.9 Å². The summed E-state index contributed by atoms with van der Waals surface area (Å²) in [5.41, 5.74) is 2.73. The topological polar surface area (TPSA) is 51.2 Å². The van der Waals surface area contributed by atoms with Gasteiger partial charge < -0.3 is 10.1 Å². The maximum Gasteiger partial charge on any atom is 0.222 e. The molecule has 0 saturated carbocycles. The van der Waals surface area contributed by atoms with Gasteiger partial charge in [-0.2, -0.15) is 0 Å². The van der Waals surface area contributed by atoms with Gasteiger partial charge in [0.15, 0.2) is 0 Å². The maximum absolute atomic E-state index is 11.0. The Morgan fingerprint density at radius 1 is 1.47 bits per heavy atom. The van der Waals surface area contributed by atoms with E-state index in [2.05, 4.69) is 23.8 Å². The van der Waals surface area contributed by atoms with E-state index in [4.69, 9.17) is 4.74 Å². The van der Waals surface area contributed by atoms with Crippen molar-refractivity contribution >= 4 is 17.5 Å². The fraction of sp³-hybridized carbons (Fsp3) is 0.467. The minimum Gasteiger partial charge on any atom is -0.494 e. The lowest BCUT2D eigenvalue weighted by Gasteiger charge is -2.15. The molecule has 0 aromatic carbocycles. The number of carbonyl (C=O) groups is 1. The molecule has 0 aliphatic carbocycles. The van der Waals surface area contributed by atoms with Crippen molar-refractivity contribution in [3.63, 3.8) is 0 Å². The zero-order valence-electron chi connectivity index (χ0n) is 12.2. The van der Waals surface area contributed by atoms with E-state index in [0.717, 1.165) is 29.7 Å². The first-order chi connectivity index (χ1) is 8.95. The van der Waals surface area contributed by atoms with Crippen LogP contribution in [0.1, 0.15) is 43.5 Å². The van der Waals surface area contributed by atoms with Crippen LogP contribution in [0.3, 0.4) is 0 Å². The van der Waals surface area contributed by atoms with Gasteiger partial charge in [-0.3, -0.25) is 4.79 Å². The van der Waals surface area contributed by atoms with Gasteiger partial charge in [0.2, 0.25) is 5.91 Å². The monoisotopic (exact) mass is 262 g/mol. The van der Waals surface area contributed by atoms with E-state index >= 15 is 0 Å². The Labute approximate surface area is 114 Å². The van der Waals surface area contributed by atoms with Gasteiger partial charge in [0, 0.05) is 12.5 Å². The molecule has 1 aromatic rings. The Balaban J connectivity index is 2.90. The number of carbonyl (C=O) groups excluding carboxylic acids is 1. The summed E-state index contributed by atoms with van der Waals surface area (Å²) in [7, 11) is 0. The Kier molecular flexibility index (Phi) is 5.55. The van der Waals surface area contributed by atoms with Gasteiger partial charge in [-0.15, -0.1) is 0 Å². The number of unbranched alkanes of at least 4 members (excludes halogenated alkanes) is 1. The molecule has 1 heterocycles. The van der Waals surface area contributed by atoms with Crippen molar-refractivity contribution in [2.75, 3.05) is 11.9 Å². The molecule has 1 rings (SSSR count). The summed E-state index contributed by atoms with van der Waals surface area (Å²) < 4.78 is 5.63. The SMILES string of the molecule is C=C(OCCCC)c1c(C)cc(NC(C)=O)nc1C. The molecule has 0 unspecified atom stereocenters. The first kappa shape index (κ1) is 15.2. The summed E-state index contributed by atoms with van der Waals surface area (Å²) in [5, 5.41) is 2.68. The minimum absolute atomic E-state index is 0.128. The summed E-state index contributed by atoms with van der Waals surface area (Å²) in [4.78, 5) is 15.4. The quantitative estimate of drug-likeness (QED) is 0.631. The van der Waals surface area contributed by atoms with Crippen molar-refractivity contribution in [1.29, 1.82) is 0 Å². The highest BCUT2D eigenvalue weighted by Crippen LogP contribution is 2.24. The molecule has 0 fully saturated rings. The van der Waals surface area contributed by atoms with E-state index < -0.39 is 0 Å². The molecule has 1 aromatic heterocycles. The molecular formula is C15H22N2O2. The lowest BCUT2D eigenvalue weighted by Crippen LogP contribution is -2.10. The lowest BCUT2D eigenvalue weighted by molar-refractivity contribution is -0.114. The van der Waals surface area contributed by atoms with Crippen LogP contribution in [0.4, 0.5) is 5.82 Å². The van der Waals surface area contributed by atoms with Crippen LogP contribution >= 0.6 is 0 Å². The minimum atomic E-state index is -0.128. The van der Waals surface area contributed by atoms with Crippen LogP contribution < -0.4 is 5.32 Å². The van der Waals surface area contributed by atoms with Crippen molar-refractivity contribution in [1.82, 2.24) is 4.98 Å². The average molecular weight is 262 g/mol. The van der Waals surface area contributed by atoms with Crippen LogP contribution in [0.15, 0.2) is 12.6 Å². The van der Waals surface area contributed by atoms with Crippen molar-refractivity contribution in [3.8, 4) is 0 Å². The molecule has 1 amide bonds. The zero-order chi connectivity index (χ0) is 14.4. The molecular weight excluding hydrogens is 240 g/mol. The van der Waals surface area contributed by atoms with E-state index in [1.807, 2.05) is 19.9 Å². The molecule has 0 radical (unpaired) electrons. The van der Waals surface area contributed by atoms with Gasteiger partial charge in [0.05, 0.1) is 12.3 Å². The second kappa shape index (κ2) is 6.92. The molecule has 0 spiro atoms. The fourth-order valence-corrected chi connectivity index (χ4v) is 1.91. The molecule has 4 heteroatoms. The normalized spacial score (nSPS) is 10.1. The molecule has 104 valence electrons. The number of hydrogen-bond donors (Lipinski definition) is 1. The predicted octanol–water partition coefficient (Wildman–Crippen LogP) is 3.44. The Bertz CT molecular complexity index is 458. The molecule has 0 aliphatic rings. The summed E-state index contributed by atoms with van der Waals surface area (Å²) in [5.74, 6) is 1.08. The second-order valence-electron chi connectivity index (χ2n) is 4.59. The van der Waals surface area contributed by atoms with Gasteiger partial charge in [-0.25, -0.2) is 4.98 Å². The summed E-state index contributed by atoms with van der Waals surface area (Å²) in [6.07, 6.45) is 2.10. The number of aromatic nitrogens is 1. The summed E-state index contributed by atoms with van der Waals surface area (Å²) >= 11 is 0. The van der Waals surface area contributed by atoms with Crippen LogP contribution in [0.5, 0.6) is 0 Å².